The molecule has 0 heterocycles. The van der Waals surface area contributed by atoms with E-state index in [0.29, 0.717) is 19.7 Å². The summed E-state index contributed by atoms with van der Waals surface area (Å²) in [4.78, 5) is 4.54. The smallest absolute Gasteiger partial charge is 0.191 e. The Hall–Kier alpha value is -1.02. The van der Waals surface area contributed by atoms with E-state index in [0.717, 1.165) is 43.9 Å². The van der Waals surface area contributed by atoms with Crippen molar-refractivity contribution in [3.8, 4) is 5.75 Å². The van der Waals surface area contributed by atoms with Gasteiger partial charge in [0.2, 0.25) is 0 Å². The van der Waals surface area contributed by atoms with E-state index in [1.807, 2.05) is 37.3 Å². The molecular formula is C18H30IN3O2. The van der Waals surface area contributed by atoms with E-state index in [1.165, 1.54) is 6.42 Å². The maximum absolute atomic E-state index is 10.5. The van der Waals surface area contributed by atoms with Gasteiger partial charge in [-0.2, -0.15) is 0 Å². The third-order valence-corrected chi connectivity index (χ3v) is 4.07. The number of benzene rings is 1. The lowest BCUT2D eigenvalue weighted by Crippen LogP contribution is -2.42. The fourth-order valence-corrected chi connectivity index (χ4v) is 2.79. The predicted molar refractivity (Wildman–Crippen MR) is 109 cm³/mol. The molecule has 0 unspecified atom stereocenters. The van der Waals surface area contributed by atoms with Gasteiger partial charge in [-0.05, 0) is 31.9 Å². The minimum absolute atomic E-state index is 0. The summed E-state index contributed by atoms with van der Waals surface area (Å²) in [5, 5.41) is 17.0. The van der Waals surface area contributed by atoms with E-state index in [2.05, 4.69) is 15.6 Å². The van der Waals surface area contributed by atoms with E-state index in [1.54, 1.807) is 0 Å². The summed E-state index contributed by atoms with van der Waals surface area (Å²) in [6.45, 7) is 4.52. The van der Waals surface area contributed by atoms with Crippen molar-refractivity contribution in [3.05, 3.63) is 30.3 Å². The maximum atomic E-state index is 10.5. The SMILES string of the molecule is CCNC(=NCC1(O)CCCCC1)NCCOc1ccccc1.I. The Kier molecular flexibility index (Phi) is 10.1. The molecule has 2 rings (SSSR count). The van der Waals surface area contributed by atoms with Crippen molar-refractivity contribution >= 4 is 29.9 Å². The van der Waals surface area contributed by atoms with Gasteiger partial charge in [-0.25, -0.2) is 0 Å². The standard InChI is InChI=1S/C18H29N3O2.HI/c1-2-19-17(21-15-18(22)11-7-4-8-12-18)20-13-14-23-16-9-5-3-6-10-16;/h3,5-6,9-10,22H,2,4,7-8,11-15H2,1H3,(H2,19,20,21);1H. The van der Waals surface area contributed by atoms with Crippen LogP contribution < -0.4 is 15.4 Å². The zero-order chi connectivity index (χ0) is 16.4. The first-order chi connectivity index (χ1) is 11.2. The highest BCUT2D eigenvalue weighted by Gasteiger charge is 2.28. The van der Waals surface area contributed by atoms with Crippen molar-refractivity contribution in [3.63, 3.8) is 0 Å². The summed E-state index contributed by atoms with van der Waals surface area (Å²) < 4.78 is 5.65. The zero-order valence-corrected chi connectivity index (χ0v) is 16.8. The highest BCUT2D eigenvalue weighted by atomic mass is 127. The Bertz CT molecular complexity index is 476. The molecule has 1 aliphatic carbocycles. The Morgan fingerprint density at radius 3 is 2.54 bits per heavy atom. The van der Waals surface area contributed by atoms with Crippen molar-refractivity contribution < 1.29 is 9.84 Å². The Morgan fingerprint density at radius 1 is 1.17 bits per heavy atom. The van der Waals surface area contributed by atoms with Crippen LogP contribution in [0.1, 0.15) is 39.0 Å². The molecule has 0 saturated heterocycles. The van der Waals surface area contributed by atoms with E-state index in [9.17, 15) is 5.11 Å². The molecule has 1 aromatic carbocycles. The summed E-state index contributed by atoms with van der Waals surface area (Å²) in [7, 11) is 0. The molecule has 0 bridgehead atoms. The average molecular weight is 447 g/mol. The van der Waals surface area contributed by atoms with Crippen LogP contribution in [0.15, 0.2) is 35.3 Å². The number of ether oxygens (including phenoxy) is 1. The summed E-state index contributed by atoms with van der Waals surface area (Å²) >= 11 is 0. The zero-order valence-electron chi connectivity index (χ0n) is 14.5. The number of hydrogen-bond donors (Lipinski definition) is 3. The van der Waals surface area contributed by atoms with Crippen LogP contribution in [0.4, 0.5) is 0 Å². The molecule has 0 atom stereocenters. The van der Waals surface area contributed by atoms with Gasteiger partial charge >= 0.3 is 0 Å². The largest absolute Gasteiger partial charge is 0.492 e. The average Bonchev–Trinajstić information content (AvgIpc) is 2.58. The minimum atomic E-state index is -0.624. The van der Waals surface area contributed by atoms with Crippen molar-refractivity contribution in [1.82, 2.24) is 10.6 Å². The monoisotopic (exact) mass is 447 g/mol. The summed E-state index contributed by atoms with van der Waals surface area (Å²) in [6.07, 6.45) is 5.13. The van der Waals surface area contributed by atoms with E-state index >= 15 is 0 Å². The van der Waals surface area contributed by atoms with Crippen molar-refractivity contribution in [1.29, 1.82) is 0 Å². The molecule has 3 N–H and O–H groups in total. The van der Waals surface area contributed by atoms with Crippen molar-refractivity contribution in [2.24, 2.45) is 4.99 Å². The van der Waals surface area contributed by atoms with Crippen LogP contribution in [0.3, 0.4) is 0 Å². The number of guanidine groups is 1. The second kappa shape index (κ2) is 11.5. The minimum Gasteiger partial charge on any atom is -0.492 e. The van der Waals surface area contributed by atoms with Gasteiger partial charge in [0.05, 0.1) is 18.7 Å². The Balaban J connectivity index is 0.00000288. The van der Waals surface area contributed by atoms with Crippen LogP contribution in [0.25, 0.3) is 0 Å². The van der Waals surface area contributed by atoms with Crippen LogP contribution >= 0.6 is 24.0 Å². The van der Waals surface area contributed by atoms with Gasteiger partial charge in [-0.3, -0.25) is 4.99 Å². The number of hydrogen-bond acceptors (Lipinski definition) is 3. The lowest BCUT2D eigenvalue weighted by Gasteiger charge is -2.30. The number of para-hydroxylation sites is 1. The van der Waals surface area contributed by atoms with Gasteiger partial charge in [-0.15, -0.1) is 24.0 Å². The molecule has 1 saturated carbocycles. The second-order valence-corrected chi connectivity index (χ2v) is 6.07. The van der Waals surface area contributed by atoms with Gasteiger partial charge in [0.15, 0.2) is 5.96 Å². The maximum Gasteiger partial charge on any atom is 0.191 e. The molecule has 0 spiro atoms. The first-order valence-electron chi connectivity index (χ1n) is 8.64. The third kappa shape index (κ3) is 7.70. The number of halogens is 1. The van der Waals surface area contributed by atoms with E-state index in [4.69, 9.17) is 4.74 Å². The quantitative estimate of drug-likeness (QED) is 0.260. The summed E-state index contributed by atoms with van der Waals surface area (Å²) in [5.41, 5.74) is -0.624. The number of aliphatic hydroxyl groups is 1. The van der Waals surface area contributed by atoms with E-state index < -0.39 is 5.60 Å². The van der Waals surface area contributed by atoms with Gasteiger partial charge in [0, 0.05) is 6.54 Å². The van der Waals surface area contributed by atoms with Gasteiger partial charge in [0.25, 0.3) is 0 Å². The second-order valence-electron chi connectivity index (χ2n) is 6.07. The lowest BCUT2D eigenvalue weighted by atomic mass is 9.85. The highest BCUT2D eigenvalue weighted by molar-refractivity contribution is 14.0. The number of nitrogens with zero attached hydrogens (tertiary/aromatic N) is 1. The van der Waals surface area contributed by atoms with Crippen LogP contribution in [-0.4, -0.2) is 42.9 Å². The van der Waals surface area contributed by atoms with Gasteiger partial charge in [0.1, 0.15) is 12.4 Å². The lowest BCUT2D eigenvalue weighted by molar-refractivity contribution is 0.0131. The summed E-state index contributed by atoms with van der Waals surface area (Å²) in [6, 6.07) is 9.77. The van der Waals surface area contributed by atoms with E-state index in [-0.39, 0.29) is 24.0 Å². The molecule has 1 aliphatic rings. The summed E-state index contributed by atoms with van der Waals surface area (Å²) in [5.74, 6) is 1.61. The molecular weight excluding hydrogens is 417 g/mol. The van der Waals surface area contributed by atoms with Gasteiger partial charge < -0.3 is 20.5 Å². The molecule has 24 heavy (non-hydrogen) atoms. The molecule has 0 amide bonds. The molecule has 0 aliphatic heterocycles. The van der Waals surface area contributed by atoms with Crippen LogP contribution in [-0.2, 0) is 0 Å². The van der Waals surface area contributed by atoms with Crippen molar-refractivity contribution in [2.75, 3.05) is 26.2 Å². The number of rotatable bonds is 7. The highest BCUT2D eigenvalue weighted by Crippen LogP contribution is 2.28. The number of nitrogens with one attached hydrogen (secondary N) is 2. The van der Waals surface area contributed by atoms with Crippen LogP contribution in [0.2, 0.25) is 0 Å². The normalized spacial score (nSPS) is 16.8. The predicted octanol–water partition coefficient (Wildman–Crippen LogP) is 2.93. The molecule has 1 fully saturated rings. The number of aliphatic imine (C=N–C) groups is 1. The fraction of sp³-hybridized carbons (Fsp3) is 0.611. The molecule has 0 radical (unpaired) electrons. The van der Waals surface area contributed by atoms with Gasteiger partial charge in [-0.1, -0.05) is 37.5 Å². The first kappa shape index (κ1) is 21.0. The Morgan fingerprint density at radius 2 is 1.88 bits per heavy atom. The fourth-order valence-electron chi connectivity index (χ4n) is 2.79. The first-order valence-corrected chi connectivity index (χ1v) is 8.64. The third-order valence-electron chi connectivity index (χ3n) is 4.07. The molecule has 0 aromatic heterocycles. The molecule has 6 heteroatoms. The Labute approximate surface area is 162 Å². The van der Waals surface area contributed by atoms with Crippen LogP contribution in [0, 0.1) is 0 Å². The molecule has 5 nitrogen and oxygen atoms in total. The van der Waals surface area contributed by atoms with Crippen LogP contribution in [0.5, 0.6) is 5.75 Å². The molecule has 136 valence electrons. The topological polar surface area (TPSA) is 65.9 Å². The molecule has 1 aromatic rings. The van der Waals surface area contributed by atoms with Crippen molar-refractivity contribution in [2.45, 2.75) is 44.6 Å².